The van der Waals surface area contributed by atoms with Crippen molar-refractivity contribution in [3.05, 3.63) is 84.2 Å². The second-order valence-electron chi connectivity index (χ2n) is 7.16. The van der Waals surface area contributed by atoms with Crippen molar-refractivity contribution in [3.63, 3.8) is 0 Å². The van der Waals surface area contributed by atoms with Gasteiger partial charge in [-0.1, -0.05) is 18.2 Å². The molecule has 4 rings (SSSR count). The molecule has 3 heterocycles. The number of hydrogen-bond acceptors (Lipinski definition) is 6. The van der Waals surface area contributed by atoms with E-state index in [1.54, 1.807) is 61.3 Å². The van der Waals surface area contributed by atoms with Crippen LogP contribution in [0.15, 0.2) is 73.1 Å². The molecule has 31 heavy (non-hydrogen) atoms. The number of benzene rings is 1. The molecule has 1 fully saturated rings. The Morgan fingerprint density at radius 3 is 2.71 bits per heavy atom. The van der Waals surface area contributed by atoms with Gasteiger partial charge in [-0.05, 0) is 30.2 Å². The summed E-state index contributed by atoms with van der Waals surface area (Å²) in [6.45, 7) is 0.996. The summed E-state index contributed by atoms with van der Waals surface area (Å²) in [4.78, 5) is 35.6. The van der Waals surface area contributed by atoms with Gasteiger partial charge in [0.05, 0.1) is 25.1 Å². The molecule has 2 aromatic heterocycles. The number of aromatic nitrogens is 3. The summed E-state index contributed by atoms with van der Waals surface area (Å²) in [6.07, 6.45) is 9.09. The molecule has 8 nitrogen and oxygen atoms in total. The Morgan fingerprint density at radius 2 is 2.00 bits per heavy atom. The van der Waals surface area contributed by atoms with Crippen LogP contribution in [-0.4, -0.2) is 49.9 Å². The second kappa shape index (κ2) is 8.83. The van der Waals surface area contributed by atoms with E-state index in [4.69, 9.17) is 4.74 Å². The van der Waals surface area contributed by atoms with E-state index in [2.05, 4.69) is 9.97 Å². The van der Waals surface area contributed by atoms with Gasteiger partial charge in [-0.3, -0.25) is 14.6 Å². The minimum absolute atomic E-state index is 0.0499. The number of rotatable bonds is 7. The zero-order chi connectivity index (χ0) is 21.8. The van der Waals surface area contributed by atoms with Crippen molar-refractivity contribution in [2.24, 2.45) is 0 Å². The average molecular weight is 418 g/mol. The lowest BCUT2D eigenvalue weighted by Gasteiger charge is -2.25. The molecule has 0 bridgehead atoms. The van der Waals surface area contributed by atoms with Gasteiger partial charge in [0.25, 0.3) is 11.7 Å². The Hall–Kier alpha value is -3.94. The Balaban J connectivity index is 1.72. The quantitative estimate of drug-likeness (QED) is 0.360. The molecule has 158 valence electrons. The predicted molar refractivity (Wildman–Crippen MR) is 113 cm³/mol. The standard InChI is InChI=1S/C23H22N4O4/c1-31-18-7-2-5-16(13-18)21(28)19-20(17-6-3-8-24-14-17)27(23(30)22(19)29)11-4-10-26-12-9-25-15-26/h2-3,5-9,12-15,20,28H,4,10-11H2,1H3. The third kappa shape index (κ3) is 4.05. The predicted octanol–water partition coefficient (Wildman–Crippen LogP) is 2.80. The molecule has 1 atom stereocenters. The molecule has 1 saturated heterocycles. The summed E-state index contributed by atoms with van der Waals surface area (Å²) in [5, 5.41) is 11.0. The maximum absolute atomic E-state index is 13.0. The van der Waals surface area contributed by atoms with Crippen LogP contribution in [0.4, 0.5) is 0 Å². The van der Waals surface area contributed by atoms with Crippen LogP contribution in [0.5, 0.6) is 5.75 Å². The first kappa shape index (κ1) is 20.3. The van der Waals surface area contributed by atoms with Gasteiger partial charge >= 0.3 is 0 Å². The van der Waals surface area contributed by atoms with Gasteiger partial charge in [0, 0.05) is 43.4 Å². The minimum Gasteiger partial charge on any atom is -0.507 e. The highest BCUT2D eigenvalue weighted by molar-refractivity contribution is 6.46. The summed E-state index contributed by atoms with van der Waals surface area (Å²) >= 11 is 0. The van der Waals surface area contributed by atoms with Gasteiger partial charge < -0.3 is 19.3 Å². The number of ether oxygens (including phenoxy) is 1. The van der Waals surface area contributed by atoms with Crippen LogP contribution in [0.25, 0.3) is 5.76 Å². The largest absolute Gasteiger partial charge is 0.507 e. The molecule has 1 unspecified atom stereocenters. The lowest BCUT2D eigenvalue weighted by atomic mass is 9.96. The molecule has 0 aliphatic carbocycles. The van der Waals surface area contributed by atoms with E-state index in [0.717, 1.165) is 0 Å². The van der Waals surface area contributed by atoms with Crippen LogP contribution in [0.2, 0.25) is 0 Å². The molecule has 0 spiro atoms. The van der Waals surface area contributed by atoms with Crippen LogP contribution >= 0.6 is 0 Å². The number of carbonyl (C=O) groups excluding carboxylic acids is 2. The van der Waals surface area contributed by atoms with E-state index < -0.39 is 17.7 Å². The van der Waals surface area contributed by atoms with Gasteiger partial charge in [-0.15, -0.1) is 0 Å². The van der Waals surface area contributed by atoms with Crippen molar-refractivity contribution in [3.8, 4) is 5.75 Å². The molecule has 3 aromatic rings. The molecular weight excluding hydrogens is 396 g/mol. The van der Waals surface area contributed by atoms with Crippen LogP contribution in [0, 0.1) is 0 Å². The van der Waals surface area contributed by atoms with Gasteiger partial charge in [-0.25, -0.2) is 4.98 Å². The highest BCUT2D eigenvalue weighted by atomic mass is 16.5. The fraction of sp³-hybridized carbons (Fsp3) is 0.217. The number of amides is 1. The van der Waals surface area contributed by atoms with E-state index in [1.165, 1.54) is 12.0 Å². The molecule has 1 aromatic carbocycles. The second-order valence-corrected chi connectivity index (χ2v) is 7.16. The first-order valence-corrected chi connectivity index (χ1v) is 9.88. The zero-order valence-electron chi connectivity index (χ0n) is 17.0. The molecule has 1 aliphatic rings. The average Bonchev–Trinajstić information content (AvgIpc) is 3.41. The number of methoxy groups -OCH3 is 1. The van der Waals surface area contributed by atoms with Crippen molar-refractivity contribution < 1.29 is 19.4 Å². The van der Waals surface area contributed by atoms with Crippen LogP contribution in [0.1, 0.15) is 23.6 Å². The Kier molecular flexibility index (Phi) is 5.79. The molecule has 8 heteroatoms. The van der Waals surface area contributed by atoms with Crippen LogP contribution < -0.4 is 4.74 Å². The SMILES string of the molecule is COc1cccc(C(O)=C2C(=O)C(=O)N(CCCn3ccnc3)C2c2cccnc2)c1. The molecule has 0 radical (unpaired) electrons. The summed E-state index contributed by atoms with van der Waals surface area (Å²) in [5.74, 6) is -1.04. The number of imidazole rings is 1. The summed E-state index contributed by atoms with van der Waals surface area (Å²) in [7, 11) is 1.52. The van der Waals surface area contributed by atoms with Crippen LogP contribution in [0.3, 0.4) is 0 Å². The summed E-state index contributed by atoms with van der Waals surface area (Å²) in [5.41, 5.74) is 1.12. The molecule has 1 amide bonds. The summed E-state index contributed by atoms with van der Waals surface area (Å²) in [6, 6.07) is 9.57. The first-order chi connectivity index (χ1) is 15.1. The van der Waals surface area contributed by atoms with Gasteiger partial charge in [0.1, 0.15) is 11.5 Å². The molecule has 1 N–H and O–H groups in total. The Bertz CT molecular complexity index is 1110. The Labute approximate surface area is 179 Å². The van der Waals surface area contributed by atoms with E-state index in [-0.39, 0.29) is 11.3 Å². The van der Waals surface area contributed by atoms with Crippen molar-refractivity contribution in [2.45, 2.75) is 19.0 Å². The monoisotopic (exact) mass is 418 g/mol. The fourth-order valence-corrected chi connectivity index (χ4v) is 3.76. The van der Waals surface area contributed by atoms with E-state index in [1.807, 2.05) is 10.8 Å². The zero-order valence-corrected chi connectivity index (χ0v) is 17.0. The molecule has 1 aliphatic heterocycles. The van der Waals surface area contributed by atoms with Gasteiger partial charge in [0.15, 0.2) is 0 Å². The summed E-state index contributed by atoms with van der Waals surface area (Å²) < 4.78 is 7.13. The number of nitrogens with zero attached hydrogens (tertiary/aromatic N) is 4. The van der Waals surface area contributed by atoms with Crippen molar-refractivity contribution >= 4 is 17.4 Å². The first-order valence-electron chi connectivity index (χ1n) is 9.88. The minimum atomic E-state index is -0.720. The number of aryl methyl sites for hydroxylation is 1. The topological polar surface area (TPSA) is 97.6 Å². The number of Topliss-reactive ketones (excluding diaryl/α,β-unsaturated/α-hetero) is 1. The number of aliphatic hydroxyl groups is 1. The number of pyridine rings is 1. The van der Waals surface area contributed by atoms with Gasteiger partial charge in [0.2, 0.25) is 0 Å². The van der Waals surface area contributed by atoms with E-state index in [0.29, 0.717) is 36.4 Å². The highest BCUT2D eigenvalue weighted by Gasteiger charge is 2.45. The normalized spacial score (nSPS) is 17.8. The smallest absolute Gasteiger partial charge is 0.295 e. The van der Waals surface area contributed by atoms with Crippen molar-refractivity contribution in [1.82, 2.24) is 19.4 Å². The third-order valence-electron chi connectivity index (χ3n) is 5.26. The van der Waals surface area contributed by atoms with Crippen molar-refractivity contribution in [2.75, 3.05) is 13.7 Å². The maximum Gasteiger partial charge on any atom is 0.295 e. The number of aliphatic hydroxyl groups excluding tert-OH is 1. The lowest BCUT2D eigenvalue weighted by molar-refractivity contribution is -0.139. The number of hydrogen-bond donors (Lipinski definition) is 1. The molecular formula is C23H22N4O4. The number of carbonyl (C=O) groups is 2. The number of likely N-dealkylation sites (tertiary alicyclic amines) is 1. The fourth-order valence-electron chi connectivity index (χ4n) is 3.76. The molecule has 0 saturated carbocycles. The number of ketones is 1. The van der Waals surface area contributed by atoms with Crippen LogP contribution in [-0.2, 0) is 16.1 Å². The van der Waals surface area contributed by atoms with E-state index in [9.17, 15) is 14.7 Å². The lowest BCUT2D eigenvalue weighted by Crippen LogP contribution is -2.31. The Morgan fingerprint density at radius 1 is 1.13 bits per heavy atom. The highest BCUT2D eigenvalue weighted by Crippen LogP contribution is 2.39. The third-order valence-corrected chi connectivity index (χ3v) is 5.26. The van der Waals surface area contributed by atoms with Gasteiger partial charge in [-0.2, -0.15) is 0 Å². The van der Waals surface area contributed by atoms with E-state index >= 15 is 0 Å². The maximum atomic E-state index is 13.0. The van der Waals surface area contributed by atoms with Crippen molar-refractivity contribution in [1.29, 1.82) is 0 Å².